The van der Waals surface area contributed by atoms with Gasteiger partial charge in [0.2, 0.25) is 0 Å². The molecule has 0 aliphatic carbocycles. The van der Waals surface area contributed by atoms with E-state index in [4.69, 9.17) is 0 Å². The summed E-state index contributed by atoms with van der Waals surface area (Å²) in [6.07, 6.45) is 3.78. The highest BCUT2D eigenvalue weighted by molar-refractivity contribution is 4.83. The molecule has 0 atom stereocenters. The Hall–Kier alpha value is -0.120. The van der Waals surface area contributed by atoms with E-state index >= 15 is 0 Å². The summed E-state index contributed by atoms with van der Waals surface area (Å²) in [5.41, 5.74) is 0.429. The minimum absolute atomic E-state index is 0.429. The van der Waals surface area contributed by atoms with Crippen molar-refractivity contribution in [2.75, 3.05) is 46.8 Å². The Balaban J connectivity index is 4.43. The summed E-state index contributed by atoms with van der Waals surface area (Å²) in [6, 6.07) is 0.580. The van der Waals surface area contributed by atoms with Gasteiger partial charge in [-0.25, -0.2) is 0 Å². The zero-order valence-corrected chi connectivity index (χ0v) is 15.1. The van der Waals surface area contributed by atoms with Crippen molar-refractivity contribution in [2.45, 2.75) is 59.9 Å². The molecule has 0 aromatic carbocycles. The molecule has 0 unspecified atom stereocenters. The summed E-state index contributed by atoms with van der Waals surface area (Å²) in [5, 5.41) is 3.66. The first-order chi connectivity index (χ1) is 9.39. The van der Waals surface area contributed by atoms with Gasteiger partial charge >= 0.3 is 0 Å². The Kier molecular flexibility index (Phi) is 10.5. The third kappa shape index (κ3) is 8.23. The van der Waals surface area contributed by atoms with E-state index in [2.05, 4.69) is 63.8 Å². The van der Waals surface area contributed by atoms with Crippen LogP contribution in [-0.2, 0) is 0 Å². The Morgan fingerprint density at radius 1 is 1.00 bits per heavy atom. The molecule has 122 valence electrons. The van der Waals surface area contributed by atoms with Crippen molar-refractivity contribution in [3.8, 4) is 0 Å². The molecule has 0 spiro atoms. The topological polar surface area (TPSA) is 18.5 Å². The van der Waals surface area contributed by atoms with Crippen molar-refractivity contribution in [1.29, 1.82) is 0 Å². The summed E-state index contributed by atoms with van der Waals surface area (Å²) in [7, 11) is 4.32. The van der Waals surface area contributed by atoms with Crippen molar-refractivity contribution >= 4 is 0 Å². The molecule has 20 heavy (non-hydrogen) atoms. The van der Waals surface area contributed by atoms with E-state index in [1.54, 1.807) is 0 Å². The molecule has 3 nitrogen and oxygen atoms in total. The predicted octanol–water partition coefficient (Wildman–Crippen LogP) is 3.06. The third-order valence-electron chi connectivity index (χ3n) is 4.47. The molecule has 0 heterocycles. The fourth-order valence-corrected chi connectivity index (χ4v) is 2.63. The van der Waals surface area contributed by atoms with Crippen LogP contribution in [-0.4, -0.2) is 62.7 Å². The smallest absolute Gasteiger partial charge is 0.00498 e. The monoisotopic (exact) mass is 285 g/mol. The molecule has 0 amide bonds. The summed E-state index contributed by atoms with van der Waals surface area (Å²) in [5.74, 6) is 0. The van der Waals surface area contributed by atoms with Crippen molar-refractivity contribution in [1.82, 2.24) is 15.1 Å². The van der Waals surface area contributed by atoms with Gasteiger partial charge in [0.05, 0.1) is 0 Å². The first-order valence-corrected chi connectivity index (χ1v) is 8.49. The van der Waals surface area contributed by atoms with E-state index in [9.17, 15) is 0 Å². The van der Waals surface area contributed by atoms with E-state index in [1.165, 1.54) is 38.9 Å². The summed E-state index contributed by atoms with van der Waals surface area (Å²) < 4.78 is 0. The largest absolute Gasteiger partial charge is 0.314 e. The lowest BCUT2D eigenvalue weighted by molar-refractivity contribution is 0.132. The van der Waals surface area contributed by atoms with Crippen molar-refractivity contribution < 1.29 is 0 Å². The number of hydrogen-bond acceptors (Lipinski definition) is 3. The van der Waals surface area contributed by atoms with Crippen LogP contribution < -0.4 is 5.32 Å². The first-order valence-electron chi connectivity index (χ1n) is 8.49. The molecule has 0 aliphatic heterocycles. The van der Waals surface area contributed by atoms with Gasteiger partial charge in [-0.2, -0.15) is 0 Å². The maximum atomic E-state index is 3.66. The Morgan fingerprint density at radius 3 is 2.00 bits per heavy atom. The second-order valence-electron chi connectivity index (χ2n) is 6.77. The van der Waals surface area contributed by atoms with Crippen molar-refractivity contribution in [3.63, 3.8) is 0 Å². The first kappa shape index (κ1) is 19.9. The number of rotatable bonds is 12. The molecule has 3 heteroatoms. The molecule has 0 aromatic rings. The van der Waals surface area contributed by atoms with Crippen molar-refractivity contribution in [2.24, 2.45) is 5.41 Å². The van der Waals surface area contributed by atoms with Crippen LogP contribution in [0.3, 0.4) is 0 Å². The zero-order valence-electron chi connectivity index (χ0n) is 15.1. The average molecular weight is 286 g/mol. The Labute approximate surface area is 128 Å². The van der Waals surface area contributed by atoms with Gasteiger partial charge in [-0.1, -0.05) is 34.6 Å². The van der Waals surface area contributed by atoms with E-state index in [1.807, 2.05) is 0 Å². The Morgan fingerprint density at radius 2 is 1.60 bits per heavy atom. The van der Waals surface area contributed by atoms with Crippen LogP contribution in [0, 0.1) is 5.41 Å². The van der Waals surface area contributed by atoms with Crippen LogP contribution in [0.2, 0.25) is 0 Å². The lowest BCUT2D eigenvalue weighted by Gasteiger charge is -2.38. The Bertz CT molecular complexity index is 222. The lowest BCUT2D eigenvalue weighted by Crippen LogP contribution is -2.45. The molecule has 0 bridgehead atoms. The molecule has 0 rings (SSSR count). The van der Waals surface area contributed by atoms with Crippen molar-refractivity contribution in [3.05, 3.63) is 0 Å². The quantitative estimate of drug-likeness (QED) is 0.594. The van der Waals surface area contributed by atoms with E-state index < -0.39 is 0 Å². The molecule has 0 fully saturated rings. The summed E-state index contributed by atoms with van der Waals surface area (Å²) in [6.45, 7) is 17.4. The molecule has 0 aromatic heterocycles. The van der Waals surface area contributed by atoms with E-state index in [0.717, 1.165) is 13.1 Å². The fraction of sp³-hybridized carbons (Fsp3) is 1.00. The van der Waals surface area contributed by atoms with Crippen LogP contribution in [0.4, 0.5) is 0 Å². The van der Waals surface area contributed by atoms with Crippen LogP contribution in [0.5, 0.6) is 0 Å². The molecule has 1 N–H and O–H groups in total. The number of hydrogen-bond donors (Lipinski definition) is 1. The predicted molar refractivity (Wildman–Crippen MR) is 91.4 cm³/mol. The third-order valence-corrected chi connectivity index (χ3v) is 4.47. The lowest BCUT2D eigenvalue weighted by atomic mass is 9.81. The summed E-state index contributed by atoms with van der Waals surface area (Å²) >= 11 is 0. The van der Waals surface area contributed by atoms with Crippen LogP contribution in [0.1, 0.15) is 53.9 Å². The molecular weight excluding hydrogens is 246 g/mol. The van der Waals surface area contributed by atoms with Crippen LogP contribution >= 0.6 is 0 Å². The molecule has 0 aliphatic rings. The van der Waals surface area contributed by atoms with Gasteiger partial charge in [0.15, 0.2) is 0 Å². The highest BCUT2D eigenvalue weighted by Crippen LogP contribution is 2.27. The normalized spacial score (nSPS) is 12.9. The summed E-state index contributed by atoms with van der Waals surface area (Å²) in [4.78, 5) is 4.92. The maximum absolute atomic E-state index is 3.66. The second-order valence-corrected chi connectivity index (χ2v) is 6.77. The number of nitrogens with one attached hydrogen (secondary N) is 1. The van der Waals surface area contributed by atoms with Gasteiger partial charge in [0, 0.05) is 19.1 Å². The van der Waals surface area contributed by atoms with Crippen LogP contribution in [0.25, 0.3) is 0 Å². The van der Waals surface area contributed by atoms with E-state index in [0.29, 0.717) is 11.5 Å². The zero-order chi connectivity index (χ0) is 15.6. The standard InChI is InChI=1S/C17H39N3/c1-8-17(9-2,14-18-16(4)5)15-20(10-3)13-11-12-19(6)7/h16,18H,8-15H2,1-7H3. The van der Waals surface area contributed by atoms with E-state index in [-0.39, 0.29) is 0 Å². The van der Waals surface area contributed by atoms with Crippen LogP contribution in [0.15, 0.2) is 0 Å². The maximum Gasteiger partial charge on any atom is 0.00498 e. The fourth-order valence-electron chi connectivity index (χ4n) is 2.63. The minimum Gasteiger partial charge on any atom is -0.314 e. The molecular formula is C17H39N3. The van der Waals surface area contributed by atoms with Gasteiger partial charge in [-0.3, -0.25) is 0 Å². The molecule has 0 saturated heterocycles. The van der Waals surface area contributed by atoms with Gasteiger partial charge in [0.1, 0.15) is 0 Å². The van der Waals surface area contributed by atoms with Gasteiger partial charge in [-0.15, -0.1) is 0 Å². The number of nitrogens with zero attached hydrogens (tertiary/aromatic N) is 2. The molecule has 0 saturated carbocycles. The van der Waals surface area contributed by atoms with Gasteiger partial charge in [0.25, 0.3) is 0 Å². The second kappa shape index (κ2) is 10.6. The van der Waals surface area contributed by atoms with Gasteiger partial charge in [-0.05, 0) is 58.4 Å². The molecule has 0 radical (unpaired) electrons. The SMILES string of the molecule is CCN(CCCN(C)C)CC(CC)(CC)CNC(C)C. The highest BCUT2D eigenvalue weighted by Gasteiger charge is 2.28. The average Bonchev–Trinajstić information content (AvgIpc) is 2.41. The van der Waals surface area contributed by atoms with Gasteiger partial charge < -0.3 is 15.1 Å². The highest BCUT2D eigenvalue weighted by atomic mass is 15.1. The minimum atomic E-state index is 0.429.